The summed E-state index contributed by atoms with van der Waals surface area (Å²) in [6.07, 6.45) is 5.48. The molecule has 0 unspecified atom stereocenters. The van der Waals surface area contributed by atoms with Gasteiger partial charge in [0.25, 0.3) is 0 Å². The molecule has 0 amide bonds. The van der Waals surface area contributed by atoms with Gasteiger partial charge in [0, 0.05) is 36.4 Å². The summed E-state index contributed by atoms with van der Waals surface area (Å²) in [5, 5.41) is 3.34. The Morgan fingerprint density at radius 3 is 2.68 bits per heavy atom. The van der Waals surface area contributed by atoms with Gasteiger partial charge in [0.15, 0.2) is 5.78 Å². The second-order valence-electron chi connectivity index (χ2n) is 7.67. The van der Waals surface area contributed by atoms with E-state index in [4.69, 9.17) is 4.98 Å². The van der Waals surface area contributed by atoms with Crippen LogP contribution in [-0.4, -0.2) is 28.8 Å². The van der Waals surface area contributed by atoms with Crippen LogP contribution in [-0.2, 0) is 11.2 Å². The second kappa shape index (κ2) is 9.88. The van der Waals surface area contributed by atoms with Gasteiger partial charge in [-0.3, -0.25) is 4.79 Å². The maximum atomic E-state index is 11.7. The van der Waals surface area contributed by atoms with Crippen LogP contribution in [0.5, 0.6) is 0 Å². The zero-order valence-corrected chi connectivity index (χ0v) is 18.9. The van der Waals surface area contributed by atoms with Crippen LogP contribution in [0.15, 0.2) is 71.9 Å². The molecule has 0 aliphatic carbocycles. The third-order valence-corrected chi connectivity index (χ3v) is 5.75. The fourth-order valence-electron chi connectivity index (χ4n) is 3.80. The van der Waals surface area contributed by atoms with E-state index in [2.05, 4.69) is 55.9 Å². The lowest BCUT2D eigenvalue weighted by molar-refractivity contribution is -0.114. The van der Waals surface area contributed by atoms with E-state index in [1.54, 1.807) is 0 Å². The zero-order valence-electron chi connectivity index (χ0n) is 17.4. The van der Waals surface area contributed by atoms with Crippen LogP contribution >= 0.6 is 15.9 Å². The number of piperidine rings is 1. The molecule has 0 saturated carbocycles. The van der Waals surface area contributed by atoms with E-state index in [0.29, 0.717) is 17.0 Å². The Balaban J connectivity index is 1.57. The summed E-state index contributed by atoms with van der Waals surface area (Å²) in [7, 11) is 0. The highest BCUT2D eigenvalue weighted by Crippen LogP contribution is 2.27. The highest BCUT2D eigenvalue weighted by molar-refractivity contribution is 9.10. The van der Waals surface area contributed by atoms with E-state index in [9.17, 15) is 4.79 Å². The number of nitrogens with zero attached hydrogens (tertiary/aromatic N) is 3. The number of nitrogens with one attached hydrogen (secondary N) is 1. The molecule has 2 heterocycles. The first-order valence-electron chi connectivity index (χ1n) is 10.5. The van der Waals surface area contributed by atoms with E-state index in [1.165, 1.54) is 31.0 Å². The van der Waals surface area contributed by atoms with Crippen molar-refractivity contribution in [3.05, 3.63) is 77.4 Å². The maximum Gasteiger partial charge on any atom is 0.228 e. The Kier molecular flexibility index (Phi) is 6.77. The number of benzene rings is 2. The van der Waals surface area contributed by atoms with E-state index in [0.717, 1.165) is 35.6 Å². The number of ketones is 1. The summed E-state index contributed by atoms with van der Waals surface area (Å²) in [5.74, 6) is 0.518. The molecule has 0 bridgehead atoms. The van der Waals surface area contributed by atoms with Crippen LogP contribution in [0, 0.1) is 0 Å². The summed E-state index contributed by atoms with van der Waals surface area (Å²) in [5.41, 5.74) is 4.82. The van der Waals surface area contributed by atoms with Crippen LogP contribution in [0.1, 0.15) is 24.8 Å². The minimum absolute atomic E-state index is 0.00281. The van der Waals surface area contributed by atoms with Crippen LogP contribution in [0.2, 0.25) is 0 Å². The number of rotatable bonds is 7. The number of hydrogen-bond donors (Lipinski definition) is 1. The van der Waals surface area contributed by atoms with Gasteiger partial charge in [-0.1, -0.05) is 30.8 Å². The van der Waals surface area contributed by atoms with Gasteiger partial charge < -0.3 is 10.2 Å². The molecule has 0 spiro atoms. The van der Waals surface area contributed by atoms with Crippen LogP contribution in [0.4, 0.5) is 17.3 Å². The number of aromatic nitrogens is 2. The second-order valence-corrected chi connectivity index (χ2v) is 8.48. The number of carbonyl (C=O) groups excluding carboxylic acids is 1. The largest absolute Gasteiger partial charge is 0.371 e. The predicted molar refractivity (Wildman–Crippen MR) is 130 cm³/mol. The van der Waals surface area contributed by atoms with Crippen LogP contribution in [0.25, 0.3) is 11.3 Å². The Hall–Kier alpha value is -2.99. The van der Waals surface area contributed by atoms with Crippen molar-refractivity contribution in [3.63, 3.8) is 0 Å². The third kappa shape index (κ3) is 5.58. The predicted octanol–water partition coefficient (Wildman–Crippen LogP) is 5.94. The highest BCUT2D eigenvalue weighted by atomic mass is 79.9. The quantitative estimate of drug-likeness (QED) is 0.337. The normalized spacial score (nSPS) is 13.6. The molecule has 4 rings (SSSR count). The zero-order chi connectivity index (χ0) is 21.6. The van der Waals surface area contributed by atoms with Crippen molar-refractivity contribution in [3.8, 4) is 11.3 Å². The minimum atomic E-state index is -0.00281. The van der Waals surface area contributed by atoms with Gasteiger partial charge >= 0.3 is 0 Å². The monoisotopic (exact) mass is 476 g/mol. The van der Waals surface area contributed by atoms with Gasteiger partial charge in [0.2, 0.25) is 5.95 Å². The van der Waals surface area contributed by atoms with Crippen LogP contribution in [0.3, 0.4) is 0 Å². The fourth-order valence-corrected chi connectivity index (χ4v) is 4.18. The molecule has 2 aromatic carbocycles. The van der Waals surface area contributed by atoms with Crippen molar-refractivity contribution in [2.45, 2.75) is 25.7 Å². The van der Waals surface area contributed by atoms with Gasteiger partial charge in [-0.05, 0) is 77.2 Å². The number of hydrogen-bond acceptors (Lipinski definition) is 5. The summed E-state index contributed by atoms with van der Waals surface area (Å²) in [4.78, 5) is 23.4. The third-order valence-electron chi connectivity index (χ3n) is 5.35. The SMILES string of the molecule is C=CC(=O)Cc1cccc(-c2cc(Br)nc(Nc3cccc(N4CCCCC4)c3)n2)c1. The van der Waals surface area contributed by atoms with Crippen molar-refractivity contribution in [1.82, 2.24) is 9.97 Å². The smallest absolute Gasteiger partial charge is 0.228 e. The van der Waals surface area contributed by atoms with Gasteiger partial charge in [-0.25, -0.2) is 9.97 Å². The van der Waals surface area contributed by atoms with Crippen LogP contribution < -0.4 is 10.2 Å². The molecule has 1 aromatic heterocycles. The average molecular weight is 477 g/mol. The van der Waals surface area contributed by atoms with Crippen molar-refractivity contribution in [1.29, 1.82) is 0 Å². The number of anilines is 3. The standard InChI is InChI=1S/C25H25BrN4O/c1-2-22(31)15-18-8-6-9-19(14-18)23-17-24(26)29-25(28-23)27-20-10-7-11-21(16-20)30-12-4-3-5-13-30/h2,6-11,14,16-17H,1,3-5,12-13,15H2,(H,27,28,29). The number of carbonyl (C=O) groups is 1. The van der Waals surface area contributed by atoms with Crippen molar-refractivity contribution >= 4 is 39.0 Å². The summed E-state index contributed by atoms with van der Waals surface area (Å²) in [6.45, 7) is 5.75. The van der Waals surface area contributed by atoms with Crippen molar-refractivity contribution in [2.24, 2.45) is 0 Å². The molecule has 158 valence electrons. The molecule has 5 nitrogen and oxygen atoms in total. The summed E-state index contributed by atoms with van der Waals surface area (Å²) in [6, 6.07) is 18.1. The van der Waals surface area contributed by atoms with Gasteiger partial charge in [0.05, 0.1) is 5.69 Å². The van der Waals surface area contributed by atoms with E-state index < -0.39 is 0 Å². The van der Waals surface area contributed by atoms with E-state index in [1.807, 2.05) is 36.4 Å². The number of halogens is 1. The molecule has 0 atom stereocenters. The lowest BCUT2D eigenvalue weighted by Gasteiger charge is -2.29. The van der Waals surface area contributed by atoms with E-state index >= 15 is 0 Å². The minimum Gasteiger partial charge on any atom is -0.371 e. The molecule has 1 saturated heterocycles. The first kappa shape index (κ1) is 21.2. The number of allylic oxidation sites excluding steroid dienone is 1. The van der Waals surface area contributed by atoms with E-state index in [-0.39, 0.29) is 5.78 Å². The Bertz CT molecular complexity index is 1090. The molecule has 6 heteroatoms. The van der Waals surface area contributed by atoms with Gasteiger partial charge in [-0.2, -0.15) is 0 Å². The fraction of sp³-hybridized carbons (Fsp3) is 0.240. The molecule has 1 N–H and O–H groups in total. The molecule has 0 radical (unpaired) electrons. The molecule has 3 aromatic rings. The first-order chi connectivity index (χ1) is 15.1. The highest BCUT2D eigenvalue weighted by Gasteiger charge is 2.12. The summed E-state index contributed by atoms with van der Waals surface area (Å²) >= 11 is 3.50. The topological polar surface area (TPSA) is 58.1 Å². The summed E-state index contributed by atoms with van der Waals surface area (Å²) < 4.78 is 0.694. The Morgan fingerprint density at radius 1 is 1.06 bits per heavy atom. The molecule has 1 aliphatic rings. The lowest BCUT2D eigenvalue weighted by atomic mass is 10.0. The lowest BCUT2D eigenvalue weighted by Crippen LogP contribution is -2.29. The Labute approximate surface area is 191 Å². The first-order valence-corrected chi connectivity index (χ1v) is 11.3. The Morgan fingerprint density at radius 2 is 1.87 bits per heavy atom. The molecular formula is C25H25BrN4O. The molecule has 1 aliphatic heterocycles. The van der Waals surface area contributed by atoms with Crippen molar-refractivity contribution < 1.29 is 4.79 Å². The average Bonchev–Trinajstić information content (AvgIpc) is 2.79. The molecular weight excluding hydrogens is 452 g/mol. The van der Waals surface area contributed by atoms with Crippen molar-refractivity contribution in [2.75, 3.05) is 23.3 Å². The maximum absolute atomic E-state index is 11.7. The van der Waals surface area contributed by atoms with Gasteiger partial charge in [0.1, 0.15) is 4.60 Å². The molecule has 31 heavy (non-hydrogen) atoms. The molecule has 1 fully saturated rings. The van der Waals surface area contributed by atoms with Gasteiger partial charge in [-0.15, -0.1) is 0 Å².